The summed E-state index contributed by atoms with van der Waals surface area (Å²) >= 11 is 0. The Kier molecular flexibility index (Phi) is 4.61. The van der Waals surface area contributed by atoms with Crippen molar-refractivity contribution in [2.45, 2.75) is 19.3 Å². The van der Waals surface area contributed by atoms with E-state index in [2.05, 4.69) is 19.8 Å². The molecule has 0 saturated carbocycles. The van der Waals surface area contributed by atoms with Gasteiger partial charge < -0.3 is 4.90 Å². The monoisotopic (exact) mass is 425 g/mol. The summed E-state index contributed by atoms with van der Waals surface area (Å²) in [5, 5.41) is 7.65. The van der Waals surface area contributed by atoms with Crippen molar-refractivity contribution < 1.29 is 18.1 Å². The number of aromatic nitrogens is 4. The van der Waals surface area contributed by atoms with Crippen LogP contribution in [0.1, 0.15) is 29.6 Å². The summed E-state index contributed by atoms with van der Waals surface area (Å²) in [5.41, 5.74) is 1.13. The number of likely N-dealkylation sites (tertiary alicyclic amines) is 1. The van der Waals surface area contributed by atoms with Gasteiger partial charge in [-0.2, -0.15) is 5.10 Å². The molecule has 10 heteroatoms. The SMILES string of the molecule is O=C(c1cnn2c(-c3cc(F)c(-c4noc(=O)[nH]4)c(F)c3)cccc12)N1CCCCC1. The van der Waals surface area contributed by atoms with Crippen LogP contribution in [0, 0.1) is 11.6 Å². The molecule has 0 spiro atoms. The molecule has 1 amide bonds. The van der Waals surface area contributed by atoms with E-state index in [0.717, 1.165) is 31.4 Å². The molecule has 31 heavy (non-hydrogen) atoms. The Morgan fingerprint density at radius 3 is 2.52 bits per heavy atom. The molecule has 1 saturated heterocycles. The van der Waals surface area contributed by atoms with Crippen LogP contribution in [-0.2, 0) is 0 Å². The van der Waals surface area contributed by atoms with Crippen LogP contribution >= 0.6 is 0 Å². The Labute approximate surface area is 174 Å². The first-order chi connectivity index (χ1) is 15.0. The van der Waals surface area contributed by atoms with E-state index >= 15 is 0 Å². The number of benzene rings is 1. The lowest BCUT2D eigenvalue weighted by Crippen LogP contribution is -2.35. The number of carbonyl (C=O) groups is 1. The first-order valence-electron chi connectivity index (χ1n) is 9.85. The molecule has 4 aromatic rings. The van der Waals surface area contributed by atoms with Crippen molar-refractivity contribution in [2.24, 2.45) is 0 Å². The molecule has 3 aromatic heterocycles. The summed E-state index contributed by atoms with van der Waals surface area (Å²) in [7, 11) is 0. The number of piperidine rings is 1. The molecule has 158 valence electrons. The number of amides is 1. The van der Waals surface area contributed by atoms with Gasteiger partial charge in [-0.05, 0) is 43.5 Å². The van der Waals surface area contributed by atoms with E-state index in [9.17, 15) is 18.4 Å². The van der Waals surface area contributed by atoms with E-state index in [1.54, 1.807) is 23.1 Å². The minimum Gasteiger partial charge on any atom is -0.339 e. The quantitative estimate of drug-likeness (QED) is 0.544. The number of nitrogens with zero attached hydrogens (tertiary/aromatic N) is 4. The number of hydrogen-bond donors (Lipinski definition) is 1. The molecule has 1 aromatic carbocycles. The summed E-state index contributed by atoms with van der Waals surface area (Å²) in [4.78, 5) is 28.0. The molecule has 1 N–H and O–H groups in total. The van der Waals surface area contributed by atoms with Gasteiger partial charge in [-0.1, -0.05) is 11.2 Å². The highest BCUT2D eigenvalue weighted by molar-refractivity contribution is 6.01. The number of halogens is 2. The molecule has 0 aliphatic carbocycles. The van der Waals surface area contributed by atoms with Crippen LogP contribution in [0.2, 0.25) is 0 Å². The highest BCUT2D eigenvalue weighted by Gasteiger charge is 2.23. The summed E-state index contributed by atoms with van der Waals surface area (Å²) in [6, 6.07) is 7.34. The second-order valence-electron chi connectivity index (χ2n) is 7.38. The summed E-state index contributed by atoms with van der Waals surface area (Å²) < 4.78 is 35.3. The molecule has 0 radical (unpaired) electrons. The highest BCUT2D eigenvalue weighted by atomic mass is 19.1. The molecule has 5 rings (SSSR count). The van der Waals surface area contributed by atoms with Gasteiger partial charge in [-0.15, -0.1) is 0 Å². The van der Waals surface area contributed by atoms with Crippen molar-refractivity contribution in [3.63, 3.8) is 0 Å². The van der Waals surface area contributed by atoms with Gasteiger partial charge in [-0.25, -0.2) is 18.1 Å². The number of nitrogens with one attached hydrogen (secondary N) is 1. The largest absolute Gasteiger partial charge is 0.439 e. The first-order valence-corrected chi connectivity index (χ1v) is 9.85. The number of fused-ring (bicyclic) bond motifs is 1. The van der Waals surface area contributed by atoms with Gasteiger partial charge in [0, 0.05) is 18.7 Å². The fourth-order valence-electron chi connectivity index (χ4n) is 3.95. The molecule has 8 nitrogen and oxygen atoms in total. The first kappa shape index (κ1) is 19.2. The number of hydrogen-bond acceptors (Lipinski definition) is 5. The minimum atomic E-state index is -0.923. The van der Waals surface area contributed by atoms with E-state index < -0.39 is 23.0 Å². The lowest BCUT2D eigenvalue weighted by Gasteiger charge is -2.26. The van der Waals surface area contributed by atoms with Crippen LogP contribution < -0.4 is 5.76 Å². The topological polar surface area (TPSA) is 96.5 Å². The zero-order chi connectivity index (χ0) is 21.5. The number of pyridine rings is 1. The third-order valence-corrected chi connectivity index (χ3v) is 5.43. The van der Waals surface area contributed by atoms with E-state index in [-0.39, 0.29) is 17.3 Å². The van der Waals surface area contributed by atoms with Gasteiger partial charge in [0.05, 0.1) is 28.5 Å². The van der Waals surface area contributed by atoms with Crippen molar-refractivity contribution in [2.75, 3.05) is 13.1 Å². The van der Waals surface area contributed by atoms with E-state index in [1.165, 1.54) is 10.7 Å². The predicted molar refractivity (Wildman–Crippen MR) is 106 cm³/mol. The van der Waals surface area contributed by atoms with Crippen molar-refractivity contribution >= 4 is 11.4 Å². The fraction of sp³-hybridized carbons (Fsp3) is 0.238. The maximum Gasteiger partial charge on any atom is 0.439 e. The smallest absolute Gasteiger partial charge is 0.339 e. The molecule has 4 heterocycles. The Bertz CT molecular complexity index is 1330. The van der Waals surface area contributed by atoms with E-state index in [4.69, 9.17) is 0 Å². The van der Waals surface area contributed by atoms with E-state index in [1.807, 2.05) is 0 Å². The normalized spacial score (nSPS) is 14.3. The lowest BCUT2D eigenvalue weighted by molar-refractivity contribution is 0.0726. The predicted octanol–water partition coefficient (Wildman–Crippen LogP) is 3.25. The fourth-order valence-corrected chi connectivity index (χ4v) is 3.95. The summed E-state index contributed by atoms with van der Waals surface area (Å²) in [6.45, 7) is 1.41. The highest BCUT2D eigenvalue weighted by Crippen LogP contribution is 2.30. The third kappa shape index (κ3) is 3.29. The maximum absolute atomic E-state index is 14.7. The zero-order valence-electron chi connectivity index (χ0n) is 16.3. The van der Waals surface area contributed by atoms with Crippen LogP contribution in [0.25, 0.3) is 28.2 Å². The average molecular weight is 425 g/mol. The lowest BCUT2D eigenvalue weighted by atomic mass is 10.1. The number of aromatic amines is 1. The minimum absolute atomic E-state index is 0.102. The molecule has 0 atom stereocenters. The van der Waals surface area contributed by atoms with Gasteiger partial charge in [0.15, 0.2) is 5.82 Å². The molecule has 0 bridgehead atoms. The van der Waals surface area contributed by atoms with Crippen LogP contribution in [0.15, 0.2) is 45.8 Å². The Balaban J connectivity index is 1.57. The van der Waals surface area contributed by atoms with Crippen LogP contribution in [-0.4, -0.2) is 43.7 Å². The standard InChI is InChI=1S/C21H17F2N5O3/c22-14-9-12(10-15(23)18(14)19-25-21(30)31-26-19)16-5-4-6-17-13(11-24-28(16)17)20(29)27-7-2-1-3-8-27/h4-6,9-11H,1-3,7-8H2,(H,25,26,30). The second-order valence-corrected chi connectivity index (χ2v) is 7.38. The molecule has 1 fully saturated rings. The molecular formula is C21H17F2N5O3. The van der Waals surface area contributed by atoms with Crippen molar-refractivity contribution in [1.29, 1.82) is 0 Å². The second kappa shape index (κ2) is 7.46. The van der Waals surface area contributed by atoms with Gasteiger partial charge in [0.2, 0.25) is 0 Å². The van der Waals surface area contributed by atoms with Gasteiger partial charge in [0.25, 0.3) is 5.91 Å². The number of rotatable bonds is 3. The van der Waals surface area contributed by atoms with E-state index in [0.29, 0.717) is 29.9 Å². The van der Waals surface area contributed by atoms with Crippen molar-refractivity contribution in [3.8, 4) is 22.6 Å². The van der Waals surface area contributed by atoms with Gasteiger partial charge >= 0.3 is 5.76 Å². The summed E-state index contributed by atoms with van der Waals surface area (Å²) in [5.74, 6) is -3.19. The molecule has 1 aliphatic heterocycles. The van der Waals surface area contributed by atoms with Crippen molar-refractivity contribution in [1.82, 2.24) is 24.7 Å². The van der Waals surface area contributed by atoms with Gasteiger partial charge in [0.1, 0.15) is 11.6 Å². The summed E-state index contributed by atoms with van der Waals surface area (Å²) in [6.07, 6.45) is 4.53. The van der Waals surface area contributed by atoms with Crippen LogP contribution in [0.3, 0.4) is 0 Å². The van der Waals surface area contributed by atoms with Crippen LogP contribution in [0.5, 0.6) is 0 Å². The van der Waals surface area contributed by atoms with Crippen LogP contribution in [0.4, 0.5) is 8.78 Å². The Morgan fingerprint density at radius 2 is 1.84 bits per heavy atom. The Morgan fingerprint density at radius 1 is 1.10 bits per heavy atom. The number of H-pyrrole nitrogens is 1. The average Bonchev–Trinajstić information content (AvgIpc) is 3.39. The number of carbonyl (C=O) groups excluding carboxylic acids is 1. The van der Waals surface area contributed by atoms with Gasteiger partial charge in [-0.3, -0.25) is 14.3 Å². The maximum atomic E-state index is 14.7. The molecular weight excluding hydrogens is 408 g/mol. The molecule has 1 aliphatic rings. The zero-order valence-corrected chi connectivity index (χ0v) is 16.3. The van der Waals surface area contributed by atoms with Crippen molar-refractivity contribution in [3.05, 3.63) is 64.3 Å². The Hall–Kier alpha value is -3.82. The molecule has 0 unspecified atom stereocenters. The third-order valence-electron chi connectivity index (χ3n) is 5.43.